The molecule has 0 radical (unpaired) electrons. The van der Waals surface area contributed by atoms with E-state index >= 15 is 0 Å². The predicted octanol–water partition coefficient (Wildman–Crippen LogP) is 3.60. The van der Waals surface area contributed by atoms with E-state index in [1.165, 1.54) is 38.5 Å². The van der Waals surface area contributed by atoms with Crippen LogP contribution in [0.4, 0.5) is 5.69 Å². The number of amides is 1. The first-order chi connectivity index (χ1) is 10.2. The predicted molar refractivity (Wildman–Crippen MR) is 86.1 cm³/mol. The Kier molecular flexibility index (Phi) is 6.33. The first-order valence-corrected chi connectivity index (χ1v) is 7.93. The molecular weight excluding hydrogens is 288 g/mol. The number of benzene rings is 1. The number of carbonyl (C=O) groups is 1. The van der Waals surface area contributed by atoms with E-state index in [-0.39, 0.29) is 5.91 Å². The minimum absolute atomic E-state index is 0.0412. The van der Waals surface area contributed by atoms with Gasteiger partial charge >= 0.3 is 0 Å². The summed E-state index contributed by atoms with van der Waals surface area (Å²) in [5.41, 5.74) is 0.688. The third-order valence-corrected chi connectivity index (χ3v) is 4.14. The van der Waals surface area contributed by atoms with Crippen LogP contribution in [0.15, 0.2) is 18.2 Å². The molecule has 0 saturated heterocycles. The van der Waals surface area contributed by atoms with Crippen molar-refractivity contribution in [2.75, 3.05) is 19.0 Å². The second-order valence-electron chi connectivity index (χ2n) is 5.47. The summed E-state index contributed by atoms with van der Waals surface area (Å²) in [5, 5.41) is 6.69. The summed E-state index contributed by atoms with van der Waals surface area (Å²) in [7, 11) is 1.57. The SMILES string of the molecule is COc1ccc(NC(=O)CNC2CCCCCC2)cc1Cl. The zero-order valence-corrected chi connectivity index (χ0v) is 13.2. The monoisotopic (exact) mass is 310 g/mol. The highest BCUT2D eigenvalue weighted by Crippen LogP contribution is 2.27. The van der Waals surface area contributed by atoms with Crippen LogP contribution in [-0.4, -0.2) is 25.6 Å². The molecule has 0 aliphatic heterocycles. The van der Waals surface area contributed by atoms with Crippen molar-refractivity contribution in [3.05, 3.63) is 23.2 Å². The van der Waals surface area contributed by atoms with Gasteiger partial charge in [-0.15, -0.1) is 0 Å². The second-order valence-corrected chi connectivity index (χ2v) is 5.87. The van der Waals surface area contributed by atoms with Gasteiger partial charge in [0.1, 0.15) is 5.75 Å². The standard InChI is InChI=1S/C16H23ClN2O2/c1-21-15-9-8-13(10-14(15)17)19-16(20)11-18-12-6-4-2-3-5-7-12/h8-10,12,18H,2-7,11H2,1H3,(H,19,20). The van der Waals surface area contributed by atoms with Gasteiger partial charge in [0, 0.05) is 11.7 Å². The zero-order chi connectivity index (χ0) is 15.1. The molecule has 21 heavy (non-hydrogen) atoms. The Labute approximate surface area is 131 Å². The topological polar surface area (TPSA) is 50.4 Å². The molecule has 0 heterocycles. The maximum Gasteiger partial charge on any atom is 0.238 e. The lowest BCUT2D eigenvalue weighted by Gasteiger charge is -2.16. The van der Waals surface area contributed by atoms with E-state index in [1.807, 2.05) is 0 Å². The van der Waals surface area contributed by atoms with Crippen molar-refractivity contribution in [1.29, 1.82) is 0 Å². The molecule has 116 valence electrons. The van der Waals surface area contributed by atoms with Gasteiger partial charge in [-0.25, -0.2) is 0 Å². The minimum Gasteiger partial charge on any atom is -0.495 e. The average molecular weight is 311 g/mol. The molecule has 4 nitrogen and oxygen atoms in total. The maximum atomic E-state index is 12.0. The van der Waals surface area contributed by atoms with Crippen LogP contribution in [0, 0.1) is 0 Å². The number of methoxy groups -OCH3 is 1. The number of hydrogen-bond acceptors (Lipinski definition) is 3. The Hall–Kier alpha value is -1.26. The third-order valence-electron chi connectivity index (χ3n) is 3.84. The molecule has 0 aromatic heterocycles. The molecule has 0 spiro atoms. The van der Waals surface area contributed by atoms with E-state index in [0.717, 1.165) is 0 Å². The zero-order valence-electron chi connectivity index (χ0n) is 12.5. The molecule has 0 atom stereocenters. The molecule has 1 aromatic rings. The van der Waals surface area contributed by atoms with Crippen molar-refractivity contribution >= 4 is 23.2 Å². The van der Waals surface area contributed by atoms with Crippen molar-refractivity contribution in [1.82, 2.24) is 5.32 Å². The van der Waals surface area contributed by atoms with Crippen LogP contribution < -0.4 is 15.4 Å². The molecule has 0 bridgehead atoms. The molecule has 1 aliphatic carbocycles. The quantitative estimate of drug-likeness (QED) is 0.817. The summed E-state index contributed by atoms with van der Waals surface area (Å²) in [6.45, 7) is 0.342. The molecule has 1 saturated carbocycles. The summed E-state index contributed by atoms with van der Waals surface area (Å²) in [5.74, 6) is 0.562. The van der Waals surface area contributed by atoms with Crippen LogP contribution in [0.3, 0.4) is 0 Å². The lowest BCUT2D eigenvalue weighted by atomic mass is 10.1. The van der Waals surface area contributed by atoms with Gasteiger partial charge in [-0.1, -0.05) is 37.3 Å². The van der Waals surface area contributed by atoms with E-state index in [9.17, 15) is 4.79 Å². The summed E-state index contributed by atoms with van der Waals surface area (Å²) >= 11 is 6.04. The molecule has 2 N–H and O–H groups in total. The van der Waals surface area contributed by atoms with Crippen LogP contribution in [0.5, 0.6) is 5.75 Å². The smallest absolute Gasteiger partial charge is 0.238 e. The van der Waals surface area contributed by atoms with E-state index in [1.54, 1.807) is 25.3 Å². The highest BCUT2D eigenvalue weighted by Gasteiger charge is 2.13. The number of carbonyl (C=O) groups excluding carboxylic acids is 1. The molecule has 1 fully saturated rings. The number of anilines is 1. The van der Waals surface area contributed by atoms with Crippen molar-refractivity contribution in [3.8, 4) is 5.75 Å². The van der Waals surface area contributed by atoms with Crippen molar-refractivity contribution in [2.24, 2.45) is 0 Å². The van der Waals surface area contributed by atoms with Gasteiger partial charge in [-0.05, 0) is 31.0 Å². The molecule has 1 aliphatic rings. The van der Waals surface area contributed by atoms with Crippen molar-refractivity contribution < 1.29 is 9.53 Å². The van der Waals surface area contributed by atoms with Gasteiger partial charge in [0.15, 0.2) is 0 Å². The molecule has 5 heteroatoms. The Balaban J connectivity index is 1.79. The molecule has 0 unspecified atom stereocenters. The lowest BCUT2D eigenvalue weighted by molar-refractivity contribution is -0.115. The first-order valence-electron chi connectivity index (χ1n) is 7.56. The largest absolute Gasteiger partial charge is 0.495 e. The van der Waals surface area contributed by atoms with Crippen molar-refractivity contribution in [2.45, 2.75) is 44.6 Å². The van der Waals surface area contributed by atoms with Gasteiger partial charge in [-0.3, -0.25) is 4.79 Å². The Morgan fingerprint density at radius 1 is 1.29 bits per heavy atom. The third kappa shape index (κ3) is 5.21. The Bertz CT molecular complexity index is 471. The van der Waals surface area contributed by atoms with E-state index in [0.29, 0.717) is 29.0 Å². The number of rotatable bonds is 5. The number of nitrogens with one attached hydrogen (secondary N) is 2. The van der Waals surface area contributed by atoms with E-state index in [2.05, 4.69) is 10.6 Å². The van der Waals surface area contributed by atoms with Gasteiger partial charge in [0.2, 0.25) is 5.91 Å². The number of ether oxygens (including phenoxy) is 1. The van der Waals surface area contributed by atoms with Gasteiger partial charge < -0.3 is 15.4 Å². The van der Waals surface area contributed by atoms with Crippen molar-refractivity contribution in [3.63, 3.8) is 0 Å². The first kappa shape index (κ1) is 16.1. The normalized spacial score (nSPS) is 16.3. The Morgan fingerprint density at radius 2 is 2.00 bits per heavy atom. The van der Waals surface area contributed by atoms with Crippen LogP contribution in [0.2, 0.25) is 5.02 Å². The fourth-order valence-corrected chi connectivity index (χ4v) is 2.93. The summed E-state index contributed by atoms with van der Waals surface area (Å²) in [4.78, 5) is 12.0. The molecular formula is C16H23ClN2O2. The lowest BCUT2D eigenvalue weighted by Crippen LogP contribution is -2.35. The highest BCUT2D eigenvalue weighted by atomic mass is 35.5. The summed E-state index contributed by atoms with van der Waals surface area (Å²) in [6.07, 6.45) is 7.48. The maximum absolute atomic E-state index is 12.0. The average Bonchev–Trinajstić information content (AvgIpc) is 2.74. The summed E-state index contributed by atoms with van der Waals surface area (Å²) < 4.78 is 5.09. The fourth-order valence-electron chi connectivity index (χ4n) is 2.67. The molecule has 2 rings (SSSR count). The van der Waals surface area contributed by atoms with Crippen LogP contribution >= 0.6 is 11.6 Å². The molecule has 1 amide bonds. The number of hydrogen-bond donors (Lipinski definition) is 2. The van der Waals surface area contributed by atoms with E-state index < -0.39 is 0 Å². The fraction of sp³-hybridized carbons (Fsp3) is 0.562. The molecule has 1 aromatic carbocycles. The van der Waals surface area contributed by atoms with Crippen LogP contribution in [0.25, 0.3) is 0 Å². The minimum atomic E-state index is -0.0412. The van der Waals surface area contributed by atoms with Gasteiger partial charge in [0.05, 0.1) is 18.7 Å². The van der Waals surface area contributed by atoms with Crippen LogP contribution in [-0.2, 0) is 4.79 Å². The van der Waals surface area contributed by atoms with E-state index in [4.69, 9.17) is 16.3 Å². The Morgan fingerprint density at radius 3 is 2.62 bits per heavy atom. The van der Waals surface area contributed by atoms with Gasteiger partial charge in [0.25, 0.3) is 0 Å². The second kappa shape index (κ2) is 8.25. The van der Waals surface area contributed by atoms with Gasteiger partial charge in [-0.2, -0.15) is 0 Å². The number of halogens is 1. The highest BCUT2D eigenvalue weighted by molar-refractivity contribution is 6.32. The summed E-state index contributed by atoms with van der Waals surface area (Å²) in [6, 6.07) is 5.70. The van der Waals surface area contributed by atoms with Crippen LogP contribution in [0.1, 0.15) is 38.5 Å².